The molecule has 7 nitrogen and oxygen atoms in total. The van der Waals surface area contributed by atoms with E-state index in [-0.39, 0.29) is 29.6 Å². The molecule has 7 atom stereocenters. The molecule has 0 radical (unpaired) electrons. The minimum Gasteiger partial charge on any atom is -0.388 e. The van der Waals surface area contributed by atoms with Crippen LogP contribution in [0.15, 0.2) is 11.6 Å². The van der Waals surface area contributed by atoms with Gasteiger partial charge in [0.05, 0.1) is 0 Å². The van der Waals surface area contributed by atoms with E-state index in [1.54, 1.807) is 0 Å². The summed E-state index contributed by atoms with van der Waals surface area (Å²) >= 11 is 0. The zero-order valence-electron chi connectivity index (χ0n) is 16.7. The second-order valence-corrected chi connectivity index (χ2v) is 9.84. The number of aliphatic hydroxyl groups is 2. The zero-order valence-corrected chi connectivity index (χ0v) is 16.7. The van der Waals surface area contributed by atoms with Crippen molar-refractivity contribution in [2.24, 2.45) is 28.6 Å². The predicted octanol–water partition coefficient (Wildman–Crippen LogP) is 2.82. The Kier molecular flexibility index (Phi) is 4.62. The third-order valence-corrected chi connectivity index (χ3v) is 8.92. The highest BCUT2D eigenvalue weighted by Gasteiger charge is 2.68. The molecule has 0 bridgehead atoms. The van der Waals surface area contributed by atoms with Gasteiger partial charge in [0.1, 0.15) is 18.3 Å². The second kappa shape index (κ2) is 6.52. The number of carbonyl (C=O) groups excluding carboxylic acids is 1. The van der Waals surface area contributed by atoms with Crippen LogP contribution in [0.4, 0.5) is 0 Å². The third-order valence-electron chi connectivity index (χ3n) is 8.92. The molecule has 0 aromatic rings. The van der Waals surface area contributed by atoms with Crippen LogP contribution in [-0.2, 0) is 9.63 Å². The van der Waals surface area contributed by atoms with Crippen molar-refractivity contribution in [2.75, 3.05) is 6.61 Å². The Balaban J connectivity index is 1.78. The van der Waals surface area contributed by atoms with Gasteiger partial charge >= 0.3 is 0 Å². The summed E-state index contributed by atoms with van der Waals surface area (Å²) in [5, 5.41) is 31.4. The molecule has 2 N–H and O–H groups in total. The molecule has 0 unspecified atom stereocenters. The highest BCUT2D eigenvalue weighted by Crippen LogP contribution is 2.68. The van der Waals surface area contributed by atoms with Crippen molar-refractivity contribution in [3.05, 3.63) is 21.8 Å². The number of ketones is 1. The van der Waals surface area contributed by atoms with E-state index >= 15 is 0 Å². The van der Waals surface area contributed by atoms with Crippen molar-refractivity contribution < 1.29 is 24.9 Å². The van der Waals surface area contributed by atoms with Gasteiger partial charge in [0.15, 0.2) is 5.78 Å². The molecule has 4 rings (SSSR count). The van der Waals surface area contributed by atoms with Crippen molar-refractivity contribution >= 4 is 5.78 Å². The average molecular weight is 393 g/mol. The number of hydrogen-bond donors (Lipinski definition) is 2. The molecule has 0 spiro atoms. The van der Waals surface area contributed by atoms with E-state index in [9.17, 15) is 25.1 Å². The van der Waals surface area contributed by atoms with Gasteiger partial charge < -0.3 is 15.1 Å². The fourth-order valence-electron chi connectivity index (χ4n) is 7.65. The van der Waals surface area contributed by atoms with Gasteiger partial charge in [-0.1, -0.05) is 25.5 Å². The van der Waals surface area contributed by atoms with Gasteiger partial charge in [-0.05, 0) is 74.5 Å². The molecule has 3 fully saturated rings. The number of allylic oxidation sites excluding steroid dienone is 2. The van der Waals surface area contributed by atoms with Crippen LogP contribution in [-0.4, -0.2) is 39.4 Å². The zero-order chi connectivity index (χ0) is 20.3. The minimum atomic E-state index is -1.64. The Bertz CT molecular complexity index is 722. The lowest BCUT2D eigenvalue weighted by molar-refractivity contribution is -0.773. The van der Waals surface area contributed by atoms with Gasteiger partial charge in [0.2, 0.25) is 0 Å². The van der Waals surface area contributed by atoms with Crippen LogP contribution in [0.5, 0.6) is 0 Å². The highest BCUT2D eigenvalue weighted by molar-refractivity contribution is 5.89. The van der Waals surface area contributed by atoms with Crippen LogP contribution >= 0.6 is 0 Å². The van der Waals surface area contributed by atoms with Crippen LogP contribution in [0.2, 0.25) is 0 Å². The molecule has 28 heavy (non-hydrogen) atoms. The maximum Gasteiger partial charge on any atom is 0.294 e. The Morgan fingerprint density at radius 2 is 2.11 bits per heavy atom. The summed E-state index contributed by atoms with van der Waals surface area (Å²) in [6.45, 7) is 3.39. The first-order chi connectivity index (χ1) is 13.2. The lowest BCUT2D eigenvalue weighted by atomic mass is 9.45. The summed E-state index contributed by atoms with van der Waals surface area (Å²) in [5.74, 6) is -0.284. The van der Waals surface area contributed by atoms with E-state index in [2.05, 4.69) is 13.0 Å². The molecule has 3 saturated carbocycles. The van der Waals surface area contributed by atoms with Crippen LogP contribution in [0.25, 0.3) is 0 Å². The van der Waals surface area contributed by atoms with Crippen LogP contribution in [0, 0.1) is 38.7 Å². The SMILES string of the molecule is C[C@]12CCCC=C1CC[C@@H]1[C@@H]2[C@@H](O[N+](=O)[O-])C[C@@]2(C)[C@H]1CC[C@]2(O)C(=O)CO. The molecule has 0 aromatic carbocycles. The number of rotatable bonds is 4. The summed E-state index contributed by atoms with van der Waals surface area (Å²) in [5.41, 5.74) is -1.18. The topological polar surface area (TPSA) is 110 Å². The standard InChI is InChI=1S/C21H31NO6/c1-19-9-4-3-5-13(19)6-7-14-15-8-10-21(25,17(24)12-23)20(15,2)11-16(18(14)19)28-22(26)27/h5,14-16,18,23,25H,3-4,6-12H2,1-2H3/t14-,15-,16-,18+,19-,20-,21-/m0/s1. The average Bonchev–Trinajstić information content (AvgIpc) is 2.91. The van der Waals surface area contributed by atoms with Gasteiger partial charge in [-0.2, -0.15) is 0 Å². The van der Waals surface area contributed by atoms with E-state index in [1.807, 2.05) is 6.92 Å². The molecule has 0 saturated heterocycles. The number of hydrogen-bond acceptors (Lipinski definition) is 6. The summed E-state index contributed by atoms with van der Waals surface area (Å²) < 4.78 is 0. The number of carbonyl (C=O) groups is 1. The molecule has 0 aliphatic heterocycles. The Morgan fingerprint density at radius 1 is 1.36 bits per heavy atom. The number of aliphatic hydroxyl groups excluding tert-OH is 1. The van der Waals surface area contributed by atoms with E-state index in [0.717, 1.165) is 32.1 Å². The van der Waals surface area contributed by atoms with Crippen LogP contribution in [0.3, 0.4) is 0 Å². The highest BCUT2D eigenvalue weighted by atomic mass is 17.0. The van der Waals surface area contributed by atoms with Crippen molar-refractivity contribution in [1.29, 1.82) is 0 Å². The number of fused-ring (bicyclic) bond motifs is 5. The fourth-order valence-corrected chi connectivity index (χ4v) is 7.65. The first-order valence-corrected chi connectivity index (χ1v) is 10.5. The Hall–Kier alpha value is -1.47. The molecule has 4 aliphatic carbocycles. The van der Waals surface area contributed by atoms with Crippen molar-refractivity contribution in [3.8, 4) is 0 Å². The Labute approximate surface area is 165 Å². The summed E-state index contributed by atoms with van der Waals surface area (Å²) in [6, 6.07) is 0. The van der Waals surface area contributed by atoms with E-state index in [0.29, 0.717) is 12.8 Å². The van der Waals surface area contributed by atoms with Crippen molar-refractivity contribution in [1.82, 2.24) is 0 Å². The second-order valence-electron chi connectivity index (χ2n) is 9.84. The van der Waals surface area contributed by atoms with E-state index in [4.69, 9.17) is 4.84 Å². The van der Waals surface area contributed by atoms with Crippen molar-refractivity contribution in [2.45, 2.75) is 76.9 Å². The molecule has 7 heteroatoms. The van der Waals surface area contributed by atoms with Gasteiger partial charge in [0, 0.05) is 5.41 Å². The first kappa shape index (κ1) is 19.8. The van der Waals surface area contributed by atoms with Gasteiger partial charge in [-0.15, -0.1) is 10.1 Å². The van der Waals surface area contributed by atoms with Crippen LogP contribution < -0.4 is 0 Å². The lowest BCUT2D eigenvalue weighted by Crippen LogP contribution is -2.62. The summed E-state index contributed by atoms with van der Waals surface area (Å²) in [6.07, 6.45) is 7.97. The molecule has 0 heterocycles. The first-order valence-electron chi connectivity index (χ1n) is 10.5. The quantitative estimate of drug-likeness (QED) is 0.432. The number of nitrogens with zero attached hydrogens (tertiary/aromatic N) is 1. The monoisotopic (exact) mass is 393 g/mol. The molecule has 156 valence electrons. The lowest BCUT2D eigenvalue weighted by Gasteiger charge is -2.60. The van der Waals surface area contributed by atoms with Crippen molar-refractivity contribution in [3.63, 3.8) is 0 Å². The van der Waals surface area contributed by atoms with Gasteiger partial charge in [0.25, 0.3) is 5.09 Å². The maximum atomic E-state index is 12.5. The molecular weight excluding hydrogens is 362 g/mol. The Morgan fingerprint density at radius 3 is 2.79 bits per heavy atom. The molecule has 0 aromatic heterocycles. The minimum absolute atomic E-state index is 0.0165. The largest absolute Gasteiger partial charge is 0.388 e. The fraction of sp³-hybridized carbons (Fsp3) is 0.857. The predicted molar refractivity (Wildman–Crippen MR) is 101 cm³/mol. The summed E-state index contributed by atoms with van der Waals surface area (Å²) in [7, 11) is 0. The molecule has 0 amide bonds. The van der Waals surface area contributed by atoms with E-state index in [1.165, 1.54) is 5.57 Å². The van der Waals surface area contributed by atoms with Gasteiger partial charge in [-0.3, -0.25) is 4.79 Å². The smallest absolute Gasteiger partial charge is 0.294 e. The molecular formula is C21H31NO6. The molecule has 4 aliphatic rings. The van der Waals surface area contributed by atoms with Crippen LogP contribution in [0.1, 0.15) is 65.2 Å². The normalized spacial score (nSPS) is 47.4. The number of Topliss-reactive ketones (excluding diaryl/α,β-unsaturated/α-hetero) is 1. The van der Waals surface area contributed by atoms with Gasteiger partial charge in [-0.25, -0.2) is 0 Å². The third kappa shape index (κ3) is 2.51. The summed E-state index contributed by atoms with van der Waals surface area (Å²) in [4.78, 5) is 29.1. The van der Waals surface area contributed by atoms with E-state index < -0.39 is 34.6 Å². The maximum absolute atomic E-state index is 12.5.